The Morgan fingerprint density at radius 1 is 0.912 bits per heavy atom. The Hall–Kier alpha value is -1.31. The van der Waals surface area contributed by atoms with E-state index in [0.29, 0.717) is 19.4 Å². The Morgan fingerprint density at radius 2 is 1.56 bits per heavy atom. The zero-order chi connectivity index (χ0) is 25.3. The zero-order valence-electron chi connectivity index (χ0n) is 22.5. The van der Waals surface area contributed by atoms with Crippen molar-refractivity contribution in [1.29, 1.82) is 0 Å². The predicted octanol–water partition coefficient (Wildman–Crippen LogP) is 2.77. The van der Waals surface area contributed by atoms with Crippen LogP contribution in [0.2, 0.25) is 0 Å². The van der Waals surface area contributed by atoms with Crippen LogP contribution >= 0.6 is 0 Å². The van der Waals surface area contributed by atoms with Gasteiger partial charge < -0.3 is 19.9 Å². The molecule has 194 valence electrons. The Balaban J connectivity index is 1.66. The van der Waals surface area contributed by atoms with Gasteiger partial charge in [-0.05, 0) is 53.1 Å². The summed E-state index contributed by atoms with van der Waals surface area (Å²) in [6.07, 6.45) is 2.57. The maximum absolute atomic E-state index is 13.8. The second-order valence-corrected chi connectivity index (χ2v) is 12.3. The highest BCUT2D eigenvalue weighted by atomic mass is 16.5. The number of ketones is 2. The van der Waals surface area contributed by atoms with E-state index in [2.05, 4.69) is 17.3 Å². The number of rotatable bonds is 7. The van der Waals surface area contributed by atoms with Gasteiger partial charge in [0.25, 0.3) is 0 Å². The first-order chi connectivity index (χ1) is 15.9. The molecule has 3 rings (SSSR count). The molecule has 0 aliphatic carbocycles. The second-order valence-electron chi connectivity index (χ2n) is 12.3. The maximum Gasteiger partial charge on any atom is 0.229 e. The topological polar surface area (TPSA) is 78.9 Å². The molecule has 7 nitrogen and oxygen atoms in total. The number of nitrogens with zero attached hydrogens (tertiary/aromatic N) is 2. The average molecular weight is 478 g/mol. The van der Waals surface area contributed by atoms with Gasteiger partial charge in [0.2, 0.25) is 5.91 Å². The van der Waals surface area contributed by atoms with Crippen molar-refractivity contribution >= 4 is 17.5 Å². The van der Waals surface area contributed by atoms with Crippen LogP contribution in [0.4, 0.5) is 0 Å². The van der Waals surface area contributed by atoms with E-state index in [0.717, 1.165) is 45.6 Å². The number of piperidine rings is 1. The minimum Gasteiger partial charge on any atom is -0.377 e. The molecule has 0 saturated carbocycles. The highest BCUT2D eigenvalue weighted by molar-refractivity contribution is 5.88. The molecule has 3 fully saturated rings. The van der Waals surface area contributed by atoms with E-state index >= 15 is 0 Å². The van der Waals surface area contributed by atoms with Crippen LogP contribution in [0, 0.1) is 28.6 Å². The lowest BCUT2D eigenvalue weighted by atomic mass is 9.67. The van der Waals surface area contributed by atoms with E-state index in [-0.39, 0.29) is 47.4 Å². The standard InChI is InChI=1S/C27H47N3O4/c1-18(2)23(31)19-9-15-34-22(17-19)27(5,6)24(32)20-8-10-28-21(16-20)26(3,4)25(33)30-13-11-29(7)12-14-30/h18-22,28H,8-17H2,1-7H3. The lowest BCUT2D eigenvalue weighted by Crippen LogP contribution is -2.59. The molecular formula is C27H47N3O4. The van der Waals surface area contributed by atoms with Crippen LogP contribution in [0.1, 0.15) is 67.2 Å². The van der Waals surface area contributed by atoms with Gasteiger partial charge in [0, 0.05) is 62.0 Å². The van der Waals surface area contributed by atoms with Crippen LogP contribution < -0.4 is 5.32 Å². The maximum atomic E-state index is 13.8. The normalized spacial score (nSPS) is 29.8. The molecule has 4 atom stereocenters. The van der Waals surface area contributed by atoms with Gasteiger partial charge in [0.05, 0.1) is 11.5 Å². The molecule has 3 aliphatic heterocycles. The Kier molecular flexibility index (Phi) is 8.63. The molecule has 3 saturated heterocycles. The summed E-state index contributed by atoms with van der Waals surface area (Å²) in [5.74, 6) is 0.549. The van der Waals surface area contributed by atoms with Crippen LogP contribution in [-0.4, -0.2) is 85.8 Å². The number of hydrogen-bond donors (Lipinski definition) is 1. The molecule has 0 bridgehead atoms. The number of ether oxygens (including phenoxy) is 1. The number of carbonyl (C=O) groups is 3. The molecule has 3 heterocycles. The summed E-state index contributed by atoms with van der Waals surface area (Å²) >= 11 is 0. The summed E-state index contributed by atoms with van der Waals surface area (Å²) in [6.45, 7) is 16.5. The van der Waals surface area contributed by atoms with Crippen LogP contribution in [0.5, 0.6) is 0 Å². The van der Waals surface area contributed by atoms with Crippen molar-refractivity contribution in [2.24, 2.45) is 28.6 Å². The van der Waals surface area contributed by atoms with Gasteiger partial charge in [-0.15, -0.1) is 0 Å². The van der Waals surface area contributed by atoms with Gasteiger partial charge in [0.1, 0.15) is 11.6 Å². The lowest BCUT2D eigenvalue weighted by Gasteiger charge is -2.45. The number of likely N-dealkylation sites (N-methyl/N-ethyl adjacent to an activating group) is 1. The monoisotopic (exact) mass is 477 g/mol. The minimum absolute atomic E-state index is 0.00723. The second kappa shape index (κ2) is 10.8. The fourth-order valence-electron chi connectivity index (χ4n) is 5.99. The fourth-order valence-corrected chi connectivity index (χ4v) is 5.99. The van der Waals surface area contributed by atoms with Crippen LogP contribution in [0.25, 0.3) is 0 Å². The molecule has 4 unspecified atom stereocenters. The van der Waals surface area contributed by atoms with Crippen molar-refractivity contribution in [2.45, 2.75) is 79.4 Å². The zero-order valence-corrected chi connectivity index (χ0v) is 22.5. The number of nitrogens with one attached hydrogen (secondary N) is 1. The lowest BCUT2D eigenvalue weighted by molar-refractivity contribution is -0.152. The van der Waals surface area contributed by atoms with Gasteiger partial charge in [-0.1, -0.05) is 27.7 Å². The number of Topliss-reactive ketones (excluding diaryl/α,β-unsaturated/α-hetero) is 2. The molecular weight excluding hydrogens is 430 g/mol. The van der Waals surface area contributed by atoms with Crippen LogP contribution in [-0.2, 0) is 19.1 Å². The molecule has 3 aliphatic rings. The molecule has 1 N–H and O–H groups in total. The van der Waals surface area contributed by atoms with Crippen molar-refractivity contribution in [1.82, 2.24) is 15.1 Å². The highest BCUT2D eigenvalue weighted by Crippen LogP contribution is 2.40. The quantitative estimate of drug-likeness (QED) is 0.608. The van der Waals surface area contributed by atoms with E-state index in [1.807, 2.05) is 46.4 Å². The van der Waals surface area contributed by atoms with E-state index in [1.165, 1.54) is 0 Å². The first kappa shape index (κ1) is 27.3. The third kappa shape index (κ3) is 5.73. The molecule has 7 heteroatoms. The summed E-state index contributed by atoms with van der Waals surface area (Å²) in [5.41, 5.74) is -1.23. The third-order valence-electron chi connectivity index (χ3n) is 8.68. The van der Waals surface area contributed by atoms with Gasteiger partial charge in [-0.25, -0.2) is 0 Å². The average Bonchev–Trinajstić information content (AvgIpc) is 2.83. The van der Waals surface area contributed by atoms with Crippen molar-refractivity contribution in [3.63, 3.8) is 0 Å². The SMILES string of the molecule is CC(C)C(=O)C1CCOC(C(C)(C)C(=O)C2CCNC(C(C)(C)C(=O)N3CCN(C)CC3)C2)C1. The first-order valence-electron chi connectivity index (χ1n) is 13.3. The van der Waals surface area contributed by atoms with Gasteiger partial charge in [-0.2, -0.15) is 0 Å². The van der Waals surface area contributed by atoms with E-state index in [4.69, 9.17) is 4.74 Å². The van der Waals surface area contributed by atoms with Crippen molar-refractivity contribution in [2.75, 3.05) is 46.4 Å². The number of hydrogen-bond acceptors (Lipinski definition) is 6. The Labute approximate surface area is 206 Å². The number of piperazine rings is 1. The number of amides is 1. The van der Waals surface area contributed by atoms with Crippen LogP contribution in [0.3, 0.4) is 0 Å². The van der Waals surface area contributed by atoms with Crippen molar-refractivity contribution in [3.05, 3.63) is 0 Å². The summed E-state index contributed by atoms with van der Waals surface area (Å²) in [4.78, 5) is 44.1. The summed E-state index contributed by atoms with van der Waals surface area (Å²) in [7, 11) is 2.09. The third-order valence-corrected chi connectivity index (χ3v) is 8.68. The largest absolute Gasteiger partial charge is 0.377 e. The van der Waals surface area contributed by atoms with Crippen LogP contribution in [0.15, 0.2) is 0 Å². The molecule has 0 radical (unpaired) electrons. The molecule has 1 amide bonds. The van der Waals surface area contributed by atoms with Gasteiger partial charge in [-0.3, -0.25) is 14.4 Å². The summed E-state index contributed by atoms with van der Waals surface area (Å²) in [5, 5.41) is 3.55. The molecule has 0 aromatic heterocycles. The van der Waals surface area contributed by atoms with Crippen molar-refractivity contribution in [3.8, 4) is 0 Å². The number of carbonyl (C=O) groups excluding carboxylic acids is 3. The van der Waals surface area contributed by atoms with Crippen molar-refractivity contribution < 1.29 is 19.1 Å². The van der Waals surface area contributed by atoms with E-state index < -0.39 is 10.8 Å². The minimum atomic E-state index is -0.659. The molecule has 0 aromatic rings. The van der Waals surface area contributed by atoms with E-state index in [1.54, 1.807) is 0 Å². The molecule has 34 heavy (non-hydrogen) atoms. The summed E-state index contributed by atoms with van der Waals surface area (Å²) in [6, 6.07) is -0.0410. The van der Waals surface area contributed by atoms with Gasteiger partial charge >= 0.3 is 0 Å². The smallest absolute Gasteiger partial charge is 0.229 e. The van der Waals surface area contributed by atoms with E-state index in [9.17, 15) is 14.4 Å². The predicted molar refractivity (Wildman–Crippen MR) is 133 cm³/mol. The highest BCUT2D eigenvalue weighted by Gasteiger charge is 2.48. The fraction of sp³-hybridized carbons (Fsp3) is 0.889. The Morgan fingerprint density at radius 3 is 2.18 bits per heavy atom. The first-order valence-corrected chi connectivity index (χ1v) is 13.3. The molecule has 0 aromatic carbocycles. The summed E-state index contributed by atoms with van der Waals surface area (Å²) < 4.78 is 6.08. The van der Waals surface area contributed by atoms with Gasteiger partial charge in [0.15, 0.2) is 0 Å². The molecule has 0 spiro atoms. The Bertz CT molecular complexity index is 755.